The number of sulfonamides is 1. The van der Waals surface area contributed by atoms with Crippen LogP contribution in [0.4, 0.5) is 0 Å². The SMILES string of the molecule is CCCCCOc1c(C)cc(Br)cc1S(N)(=O)=O. The van der Waals surface area contributed by atoms with Gasteiger partial charge in [-0.05, 0) is 31.0 Å². The molecular formula is C12H18BrNO3S. The summed E-state index contributed by atoms with van der Waals surface area (Å²) >= 11 is 3.26. The first kappa shape index (κ1) is 15.5. The molecule has 0 saturated heterocycles. The highest BCUT2D eigenvalue weighted by Gasteiger charge is 2.18. The molecule has 0 amide bonds. The number of hydrogen-bond donors (Lipinski definition) is 1. The molecule has 0 spiro atoms. The Hall–Kier alpha value is -0.590. The average Bonchev–Trinajstić information content (AvgIpc) is 2.24. The van der Waals surface area contributed by atoms with E-state index in [1.807, 2.05) is 6.07 Å². The predicted octanol–water partition coefficient (Wildman–Crippen LogP) is 2.97. The van der Waals surface area contributed by atoms with Gasteiger partial charge in [-0.25, -0.2) is 13.6 Å². The van der Waals surface area contributed by atoms with Crippen LogP contribution in [0, 0.1) is 6.92 Å². The van der Waals surface area contributed by atoms with Crippen LogP contribution >= 0.6 is 15.9 Å². The molecule has 0 unspecified atom stereocenters. The molecule has 6 heteroatoms. The maximum Gasteiger partial charge on any atom is 0.241 e. The molecule has 102 valence electrons. The van der Waals surface area contributed by atoms with Crippen LogP contribution in [0.5, 0.6) is 5.75 Å². The van der Waals surface area contributed by atoms with Crippen LogP contribution in [-0.2, 0) is 10.0 Å². The zero-order valence-electron chi connectivity index (χ0n) is 10.6. The van der Waals surface area contributed by atoms with Gasteiger partial charge in [-0.1, -0.05) is 35.7 Å². The van der Waals surface area contributed by atoms with Crippen molar-refractivity contribution in [1.29, 1.82) is 0 Å². The van der Waals surface area contributed by atoms with Crippen LogP contribution in [0.1, 0.15) is 31.7 Å². The highest BCUT2D eigenvalue weighted by Crippen LogP contribution is 2.31. The van der Waals surface area contributed by atoms with E-state index in [1.165, 1.54) is 6.07 Å². The van der Waals surface area contributed by atoms with Crippen molar-refractivity contribution in [2.45, 2.75) is 38.0 Å². The van der Waals surface area contributed by atoms with Crippen molar-refractivity contribution >= 4 is 26.0 Å². The van der Waals surface area contributed by atoms with Gasteiger partial charge in [0, 0.05) is 4.47 Å². The predicted molar refractivity (Wildman–Crippen MR) is 75.3 cm³/mol. The van der Waals surface area contributed by atoms with Gasteiger partial charge in [0.1, 0.15) is 10.6 Å². The van der Waals surface area contributed by atoms with Crippen LogP contribution in [0.3, 0.4) is 0 Å². The van der Waals surface area contributed by atoms with Gasteiger partial charge in [-0.15, -0.1) is 0 Å². The highest BCUT2D eigenvalue weighted by molar-refractivity contribution is 9.10. The Morgan fingerprint density at radius 1 is 1.33 bits per heavy atom. The molecule has 0 fully saturated rings. The Kier molecular flexibility index (Phi) is 5.62. The standard InChI is InChI=1S/C12H18BrNO3S/c1-3-4-5-6-17-12-9(2)7-10(13)8-11(12)18(14,15)16/h7-8H,3-6H2,1-2H3,(H2,14,15,16). The van der Waals surface area contributed by atoms with Gasteiger partial charge in [0.05, 0.1) is 6.61 Å². The first-order valence-electron chi connectivity index (χ1n) is 5.82. The Morgan fingerprint density at radius 3 is 2.56 bits per heavy atom. The fourth-order valence-corrected chi connectivity index (χ4v) is 3.12. The van der Waals surface area contributed by atoms with Crippen molar-refractivity contribution in [1.82, 2.24) is 0 Å². The van der Waals surface area contributed by atoms with Crippen molar-refractivity contribution in [3.05, 3.63) is 22.2 Å². The maximum absolute atomic E-state index is 11.5. The van der Waals surface area contributed by atoms with Crippen molar-refractivity contribution in [2.75, 3.05) is 6.61 Å². The molecule has 0 heterocycles. The Labute approximate surface area is 117 Å². The molecule has 1 aromatic rings. The van der Waals surface area contributed by atoms with E-state index in [4.69, 9.17) is 9.88 Å². The molecule has 2 N–H and O–H groups in total. The molecule has 0 saturated carbocycles. The number of ether oxygens (including phenoxy) is 1. The van der Waals surface area contributed by atoms with E-state index in [2.05, 4.69) is 22.9 Å². The van der Waals surface area contributed by atoms with E-state index < -0.39 is 10.0 Å². The largest absolute Gasteiger partial charge is 0.492 e. The number of unbranched alkanes of at least 4 members (excludes halogenated alkanes) is 2. The third kappa shape index (κ3) is 4.26. The minimum Gasteiger partial charge on any atom is -0.492 e. The Bertz CT molecular complexity index is 514. The highest BCUT2D eigenvalue weighted by atomic mass is 79.9. The van der Waals surface area contributed by atoms with Gasteiger partial charge < -0.3 is 4.74 Å². The number of nitrogens with two attached hydrogens (primary N) is 1. The Morgan fingerprint density at radius 2 is 2.00 bits per heavy atom. The first-order chi connectivity index (χ1) is 8.36. The summed E-state index contributed by atoms with van der Waals surface area (Å²) in [6.07, 6.45) is 3.04. The van der Waals surface area contributed by atoms with Crippen LogP contribution in [0.25, 0.3) is 0 Å². The third-order valence-electron chi connectivity index (χ3n) is 2.51. The molecule has 1 rings (SSSR count). The van der Waals surface area contributed by atoms with Crippen molar-refractivity contribution in [3.63, 3.8) is 0 Å². The number of halogens is 1. The minimum absolute atomic E-state index is 0.0332. The lowest BCUT2D eigenvalue weighted by atomic mass is 10.2. The second kappa shape index (κ2) is 6.54. The summed E-state index contributed by atoms with van der Waals surface area (Å²) in [7, 11) is -3.78. The van der Waals surface area contributed by atoms with E-state index in [0.717, 1.165) is 24.8 Å². The van der Waals surface area contributed by atoms with Crippen molar-refractivity contribution < 1.29 is 13.2 Å². The number of benzene rings is 1. The van der Waals surface area contributed by atoms with E-state index in [0.29, 0.717) is 16.8 Å². The third-order valence-corrected chi connectivity index (χ3v) is 3.88. The quantitative estimate of drug-likeness (QED) is 0.812. The average molecular weight is 336 g/mol. The lowest BCUT2D eigenvalue weighted by Crippen LogP contribution is -2.15. The monoisotopic (exact) mass is 335 g/mol. The summed E-state index contributed by atoms with van der Waals surface area (Å²) in [5.41, 5.74) is 0.755. The normalized spacial score (nSPS) is 11.6. The van der Waals surface area contributed by atoms with Gasteiger partial charge in [0.2, 0.25) is 10.0 Å². The summed E-state index contributed by atoms with van der Waals surface area (Å²) in [5.74, 6) is 0.358. The molecule has 0 aliphatic carbocycles. The maximum atomic E-state index is 11.5. The lowest BCUT2D eigenvalue weighted by Gasteiger charge is -2.13. The topological polar surface area (TPSA) is 69.4 Å². The van der Waals surface area contributed by atoms with E-state index in [-0.39, 0.29) is 4.90 Å². The van der Waals surface area contributed by atoms with Crippen molar-refractivity contribution in [3.8, 4) is 5.75 Å². The summed E-state index contributed by atoms with van der Waals surface area (Å²) in [6, 6.07) is 3.28. The number of primary sulfonamides is 1. The van der Waals surface area contributed by atoms with Crippen LogP contribution in [0.2, 0.25) is 0 Å². The molecule has 0 bridgehead atoms. The second-order valence-electron chi connectivity index (χ2n) is 4.15. The van der Waals surface area contributed by atoms with E-state index >= 15 is 0 Å². The Balaban J connectivity index is 3.02. The fraction of sp³-hybridized carbons (Fsp3) is 0.500. The van der Waals surface area contributed by atoms with Gasteiger partial charge in [-0.2, -0.15) is 0 Å². The molecule has 0 aliphatic heterocycles. The number of aryl methyl sites for hydroxylation is 1. The molecule has 1 aromatic carbocycles. The van der Waals surface area contributed by atoms with Crippen LogP contribution in [-0.4, -0.2) is 15.0 Å². The number of rotatable bonds is 6. The molecule has 0 atom stereocenters. The van der Waals surface area contributed by atoms with Crippen molar-refractivity contribution in [2.24, 2.45) is 5.14 Å². The van der Waals surface area contributed by atoms with Gasteiger partial charge in [-0.3, -0.25) is 0 Å². The molecule has 18 heavy (non-hydrogen) atoms. The van der Waals surface area contributed by atoms with Gasteiger partial charge >= 0.3 is 0 Å². The molecule has 0 aromatic heterocycles. The van der Waals surface area contributed by atoms with Crippen LogP contribution in [0.15, 0.2) is 21.5 Å². The van der Waals surface area contributed by atoms with Crippen LogP contribution < -0.4 is 9.88 Å². The first-order valence-corrected chi connectivity index (χ1v) is 8.16. The smallest absolute Gasteiger partial charge is 0.241 e. The van der Waals surface area contributed by atoms with E-state index in [9.17, 15) is 8.42 Å². The zero-order chi connectivity index (χ0) is 13.8. The fourth-order valence-electron chi connectivity index (χ4n) is 1.62. The summed E-state index contributed by atoms with van der Waals surface area (Å²) in [5, 5.41) is 5.20. The second-order valence-corrected chi connectivity index (χ2v) is 6.60. The summed E-state index contributed by atoms with van der Waals surface area (Å²) in [4.78, 5) is 0.0332. The molecular weight excluding hydrogens is 318 g/mol. The zero-order valence-corrected chi connectivity index (χ0v) is 13.0. The summed E-state index contributed by atoms with van der Waals surface area (Å²) < 4.78 is 29.3. The van der Waals surface area contributed by atoms with Gasteiger partial charge in [0.15, 0.2) is 0 Å². The van der Waals surface area contributed by atoms with Gasteiger partial charge in [0.25, 0.3) is 0 Å². The summed E-state index contributed by atoms with van der Waals surface area (Å²) in [6.45, 7) is 4.40. The lowest BCUT2D eigenvalue weighted by molar-refractivity contribution is 0.296. The van der Waals surface area contributed by atoms with E-state index in [1.54, 1.807) is 6.92 Å². The number of hydrogen-bond acceptors (Lipinski definition) is 3. The molecule has 0 radical (unpaired) electrons. The molecule has 4 nitrogen and oxygen atoms in total. The minimum atomic E-state index is -3.78. The molecule has 0 aliphatic rings.